The first-order valence-corrected chi connectivity index (χ1v) is 6.04. The summed E-state index contributed by atoms with van der Waals surface area (Å²) in [4.78, 5) is 11.8. The van der Waals surface area contributed by atoms with Gasteiger partial charge < -0.3 is 16.2 Å². The molecule has 0 heterocycles. The zero-order valence-corrected chi connectivity index (χ0v) is 10.9. The molecule has 2 unspecified atom stereocenters. The van der Waals surface area contributed by atoms with Crippen molar-refractivity contribution in [2.75, 3.05) is 13.1 Å². The summed E-state index contributed by atoms with van der Waals surface area (Å²) < 4.78 is 0. The van der Waals surface area contributed by atoms with Crippen molar-refractivity contribution in [1.29, 1.82) is 0 Å². The van der Waals surface area contributed by atoms with Crippen LogP contribution in [0.15, 0.2) is 0 Å². The van der Waals surface area contributed by atoms with Gasteiger partial charge in [0.25, 0.3) is 0 Å². The maximum Gasteiger partial charge on any atom is 0.224 e. The van der Waals surface area contributed by atoms with Gasteiger partial charge in [-0.25, -0.2) is 0 Å². The molecule has 4 N–H and O–H groups in total. The zero-order valence-electron chi connectivity index (χ0n) is 10.9. The molecule has 0 spiro atoms. The Balaban J connectivity index is 4.15. The molecule has 0 aliphatic carbocycles. The zero-order chi connectivity index (χ0) is 12.8. The van der Waals surface area contributed by atoms with E-state index in [2.05, 4.69) is 5.32 Å². The van der Waals surface area contributed by atoms with E-state index in [4.69, 9.17) is 5.73 Å². The largest absolute Gasteiger partial charge is 0.388 e. The Morgan fingerprint density at radius 3 is 2.44 bits per heavy atom. The van der Waals surface area contributed by atoms with Gasteiger partial charge in [-0.05, 0) is 19.3 Å². The van der Waals surface area contributed by atoms with Crippen LogP contribution < -0.4 is 11.1 Å². The molecular formula is C12H26N2O2. The Bertz CT molecular complexity index is 215. The smallest absolute Gasteiger partial charge is 0.224 e. The van der Waals surface area contributed by atoms with Gasteiger partial charge in [0.05, 0.1) is 11.5 Å². The van der Waals surface area contributed by atoms with E-state index in [9.17, 15) is 9.90 Å². The lowest BCUT2D eigenvalue weighted by Crippen LogP contribution is -2.45. The highest BCUT2D eigenvalue weighted by Gasteiger charge is 2.24. The molecule has 16 heavy (non-hydrogen) atoms. The van der Waals surface area contributed by atoms with E-state index in [1.54, 1.807) is 6.92 Å². The minimum absolute atomic E-state index is 0.0612. The van der Waals surface area contributed by atoms with Gasteiger partial charge in [-0.2, -0.15) is 0 Å². The summed E-state index contributed by atoms with van der Waals surface area (Å²) in [6.45, 7) is 8.33. The van der Waals surface area contributed by atoms with Crippen molar-refractivity contribution in [3.8, 4) is 0 Å². The van der Waals surface area contributed by atoms with Crippen molar-refractivity contribution in [3.05, 3.63) is 0 Å². The molecule has 0 aromatic rings. The molecule has 0 saturated carbocycles. The van der Waals surface area contributed by atoms with E-state index in [1.807, 2.05) is 20.8 Å². The molecule has 0 rings (SSSR count). The fraction of sp³-hybridized carbons (Fsp3) is 0.917. The average Bonchev–Trinajstić information content (AvgIpc) is 2.15. The Morgan fingerprint density at radius 2 is 2.06 bits per heavy atom. The van der Waals surface area contributed by atoms with Gasteiger partial charge in [0.15, 0.2) is 0 Å². The maximum absolute atomic E-state index is 11.8. The average molecular weight is 230 g/mol. The summed E-state index contributed by atoms with van der Waals surface area (Å²) in [5.74, 6) is -0.00701. The Labute approximate surface area is 98.6 Å². The highest BCUT2D eigenvalue weighted by atomic mass is 16.3. The summed E-state index contributed by atoms with van der Waals surface area (Å²) in [5, 5.41) is 12.7. The highest BCUT2D eigenvalue weighted by Crippen LogP contribution is 2.12. The lowest BCUT2D eigenvalue weighted by molar-refractivity contribution is -0.127. The maximum atomic E-state index is 11.8. The standard InChI is InChI=1S/C12H26N2O2/c1-5-6-12(4,16)8-14-11(15)10(7-13)9(2)3/h9-10,16H,5-8,13H2,1-4H3,(H,14,15). The van der Waals surface area contributed by atoms with Crippen molar-refractivity contribution < 1.29 is 9.90 Å². The van der Waals surface area contributed by atoms with Crippen LogP contribution in [0, 0.1) is 11.8 Å². The summed E-state index contributed by atoms with van der Waals surface area (Å²) in [6, 6.07) is 0. The predicted octanol–water partition coefficient (Wildman–Crippen LogP) is 0.885. The summed E-state index contributed by atoms with van der Waals surface area (Å²) in [5.41, 5.74) is 4.73. The third kappa shape index (κ3) is 5.47. The van der Waals surface area contributed by atoms with Gasteiger partial charge in [0.1, 0.15) is 0 Å². The van der Waals surface area contributed by atoms with Gasteiger partial charge in [-0.3, -0.25) is 4.79 Å². The molecule has 0 aromatic heterocycles. The minimum atomic E-state index is -0.819. The molecule has 96 valence electrons. The van der Waals surface area contributed by atoms with Crippen LogP contribution in [-0.4, -0.2) is 29.7 Å². The predicted molar refractivity (Wildman–Crippen MR) is 65.9 cm³/mol. The van der Waals surface area contributed by atoms with Crippen LogP contribution in [-0.2, 0) is 4.79 Å². The van der Waals surface area contributed by atoms with Crippen molar-refractivity contribution in [2.24, 2.45) is 17.6 Å². The normalized spacial score (nSPS) is 16.9. The molecule has 1 amide bonds. The topological polar surface area (TPSA) is 75.3 Å². The van der Waals surface area contributed by atoms with E-state index >= 15 is 0 Å². The summed E-state index contributed by atoms with van der Waals surface area (Å²) >= 11 is 0. The van der Waals surface area contributed by atoms with Crippen molar-refractivity contribution in [2.45, 2.75) is 46.1 Å². The SMILES string of the molecule is CCCC(C)(O)CNC(=O)C(CN)C(C)C. The Kier molecular flexibility index (Phi) is 6.60. The molecule has 0 saturated heterocycles. The number of nitrogens with two attached hydrogens (primary N) is 1. The molecule has 0 bridgehead atoms. The van der Waals surface area contributed by atoms with Crippen LogP contribution in [0.1, 0.15) is 40.5 Å². The number of hydrogen-bond donors (Lipinski definition) is 3. The third-order valence-electron chi connectivity index (χ3n) is 2.83. The van der Waals surface area contributed by atoms with Crippen LogP contribution in [0.5, 0.6) is 0 Å². The van der Waals surface area contributed by atoms with Gasteiger partial charge in [-0.1, -0.05) is 27.2 Å². The first-order chi connectivity index (χ1) is 7.34. The number of aliphatic hydroxyl groups is 1. The van der Waals surface area contributed by atoms with Crippen molar-refractivity contribution in [3.63, 3.8) is 0 Å². The second kappa shape index (κ2) is 6.86. The van der Waals surface area contributed by atoms with Gasteiger partial charge in [-0.15, -0.1) is 0 Å². The molecule has 0 aliphatic heterocycles. The summed E-state index contributed by atoms with van der Waals surface area (Å²) in [7, 11) is 0. The highest BCUT2D eigenvalue weighted by molar-refractivity contribution is 5.79. The van der Waals surface area contributed by atoms with Crippen LogP contribution >= 0.6 is 0 Å². The molecular weight excluding hydrogens is 204 g/mol. The van der Waals surface area contributed by atoms with E-state index in [1.165, 1.54) is 0 Å². The lowest BCUT2D eigenvalue weighted by atomic mass is 9.94. The Hall–Kier alpha value is -0.610. The first kappa shape index (κ1) is 15.4. The fourth-order valence-corrected chi connectivity index (χ4v) is 1.72. The fourth-order valence-electron chi connectivity index (χ4n) is 1.72. The number of nitrogens with one attached hydrogen (secondary N) is 1. The van der Waals surface area contributed by atoms with E-state index < -0.39 is 5.60 Å². The van der Waals surface area contributed by atoms with E-state index in [0.717, 1.165) is 6.42 Å². The molecule has 4 nitrogen and oxygen atoms in total. The molecule has 0 aliphatic rings. The number of amides is 1. The second-order valence-corrected chi connectivity index (χ2v) is 5.05. The molecule has 4 heteroatoms. The van der Waals surface area contributed by atoms with Crippen molar-refractivity contribution >= 4 is 5.91 Å². The quantitative estimate of drug-likeness (QED) is 0.608. The number of rotatable bonds is 7. The van der Waals surface area contributed by atoms with Crippen molar-refractivity contribution in [1.82, 2.24) is 5.32 Å². The number of hydrogen-bond acceptors (Lipinski definition) is 3. The molecule has 0 fully saturated rings. The van der Waals surface area contributed by atoms with Gasteiger partial charge in [0.2, 0.25) is 5.91 Å². The van der Waals surface area contributed by atoms with Crippen LogP contribution in [0.2, 0.25) is 0 Å². The van der Waals surface area contributed by atoms with E-state index in [0.29, 0.717) is 19.5 Å². The van der Waals surface area contributed by atoms with Crippen LogP contribution in [0.4, 0.5) is 0 Å². The second-order valence-electron chi connectivity index (χ2n) is 5.05. The lowest BCUT2D eigenvalue weighted by Gasteiger charge is -2.25. The van der Waals surface area contributed by atoms with E-state index in [-0.39, 0.29) is 17.7 Å². The molecule has 2 atom stereocenters. The van der Waals surface area contributed by atoms with Crippen LogP contribution in [0.25, 0.3) is 0 Å². The first-order valence-electron chi connectivity index (χ1n) is 6.04. The number of carbonyl (C=O) groups excluding carboxylic acids is 1. The minimum Gasteiger partial charge on any atom is -0.388 e. The Morgan fingerprint density at radius 1 is 1.50 bits per heavy atom. The van der Waals surface area contributed by atoms with Gasteiger partial charge in [0, 0.05) is 13.1 Å². The third-order valence-corrected chi connectivity index (χ3v) is 2.83. The molecule has 0 aromatic carbocycles. The molecule has 0 radical (unpaired) electrons. The van der Waals surface area contributed by atoms with Gasteiger partial charge >= 0.3 is 0 Å². The monoisotopic (exact) mass is 230 g/mol. The van der Waals surface area contributed by atoms with Crippen LogP contribution in [0.3, 0.4) is 0 Å². The summed E-state index contributed by atoms with van der Waals surface area (Å²) in [6.07, 6.45) is 1.58. The number of carbonyl (C=O) groups is 1.